The predicted octanol–water partition coefficient (Wildman–Crippen LogP) is 3.14. The van der Waals surface area contributed by atoms with E-state index in [1.807, 2.05) is 0 Å². The molecule has 138 valence electrons. The highest BCUT2D eigenvalue weighted by molar-refractivity contribution is 5.81. The van der Waals surface area contributed by atoms with Gasteiger partial charge in [-0.15, -0.1) is 0 Å². The zero-order valence-corrected chi connectivity index (χ0v) is 15.8. The van der Waals surface area contributed by atoms with E-state index in [1.165, 1.54) is 18.5 Å². The molecule has 0 bridgehead atoms. The van der Waals surface area contributed by atoms with Crippen molar-refractivity contribution in [2.45, 2.75) is 45.6 Å². The first-order chi connectivity index (χ1) is 12.1. The van der Waals surface area contributed by atoms with Crippen molar-refractivity contribution in [3.05, 3.63) is 30.3 Å². The molecule has 0 aliphatic carbocycles. The van der Waals surface area contributed by atoms with Crippen molar-refractivity contribution >= 4 is 11.6 Å². The first-order valence-electron chi connectivity index (χ1n) is 9.95. The molecular weight excluding hydrogens is 310 g/mol. The lowest BCUT2D eigenvalue weighted by atomic mass is 9.99. The van der Waals surface area contributed by atoms with E-state index in [1.54, 1.807) is 0 Å². The Hall–Kier alpha value is -1.55. The lowest BCUT2D eigenvalue weighted by Gasteiger charge is -2.35. The molecule has 4 heteroatoms. The summed E-state index contributed by atoms with van der Waals surface area (Å²) in [5.74, 6) is 1.42. The molecule has 2 fully saturated rings. The van der Waals surface area contributed by atoms with Crippen molar-refractivity contribution in [2.24, 2.45) is 11.8 Å². The van der Waals surface area contributed by atoms with E-state index in [9.17, 15) is 4.79 Å². The summed E-state index contributed by atoms with van der Waals surface area (Å²) in [5.41, 5.74) is 1.30. The van der Waals surface area contributed by atoms with Crippen LogP contribution in [0.2, 0.25) is 0 Å². The highest BCUT2D eigenvalue weighted by atomic mass is 16.2. The number of carbonyl (C=O) groups excluding carboxylic acids is 1. The summed E-state index contributed by atoms with van der Waals surface area (Å²) in [6.45, 7) is 9.53. The Morgan fingerprint density at radius 1 is 1.16 bits per heavy atom. The fourth-order valence-electron chi connectivity index (χ4n) is 4.21. The van der Waals surface area contributed by atoms with Crippen LogP contribution in [-0.4, -0.2) is 49.6 Å². The predicted molar refractivity (Wildman–Crippen MR) is 104 cm³/mol. The van der Waals surface area contributed by atoms with Crippen LogP contribution in [0.4, 0.5) is 5.69 Å². The number of benzene rings is 1. The van der Waals surface area contributed by atoms with E-state index in [0.29, 0.717) is 11.8 Å². The summed E-state index contributed by atoms with van der Waals surface area (Å²) in [6.07, 6.45) is 4.58. The van der Waals surface area contributed by atoms with Gasteiger partial charge in [0.15, 0.2) is 0 Å². The van der Waals surface area contributed by atoms with Gasteiger partial charge in [0.05, 0.1) is 6.04 Å². The van der Waals surface area contributed by atoms with Crippen LogP contribution >= 0.6 is 0 Å². The second kappa shape index (κ2) is 8.70. The van der Waals surface area contributed by atoms with Crippen LogP contribution in [0.25, 0.3) is 0 Å². The summed E-state index contributed by atoms with van der Waals surface area (Å²) in [6, 6.07) is 10.7. The maximum atomic E-state index is 12.7. The van der Waals surface area contributed by atoms with Gasteiger partial charge < -0.3 is 10.2 Å². The highest BCUT2D eigenvalue weighted by Crippen LogP contribution is 2.23. The summed E-state index contributed by atoms with van der Waals surface area (Å²) in [7, 11) is 0. The minimum atomic E-state index is 0.0859. The third-order valence-electron chi connectivity index (χ3n) is 5.49. The van der Waals surface area contributed by atoms with Gasteiger partial charge in [0, 0.05) is 31.9 Å². The molecule has 2 atom stereocenters. The lowest BCUT2D eigenvalue weighted by molar-refractivity contribution is -0.128. The van der Waals surface area contributed by atoms with E-state index < -0.39 is 0 Å². The molecule has 1 N–H and O–H groups in total. The Morgan fingerprint density at radius 2 is 1.96 bits per heavy atom. The van der Waals surface area contributed by atoms with Crippen molar-refractivity contribution in [2.75, 3.05) is 37.6 Å². The molecule has 0 saturated carbocycles. The number of nitrogens with one attached hydrogen (secondary N) is 1. The fraction of sp³-hybridized carbons (Fsp3) is 0.667. The Balaban J connectivity index is 1.47. The van der Waals surface area contributed by atoms with Crippen LogP contribution in [0.3, 0.4) is 0 Å². The SMILES string of the molecule is CC(C)CN1CCCC[C@@H]1C(=O)NC[C@H]1CCN(c2ccccc2)C1. The van der Waals surface area contributed by atoms with Crippen molar-refractivity contribution < 1.29 is 4.79 Å². The normalized spacial score (nSPS) is 24.7. The Labute approximate surface area is 152 Å². The van der Waals surface area contributed by atoms with E-state index in [-0.39, 0.29) is 11.9 Å². The van der Waals surface area contributed by atoms with Crippen LogP contribution in [0.5, 0.6) is 0 Å². The number of likely N-dealkylation sites (tertiary alicyclic amines) is 1. The van der Waals surface area contributed by atoms with E-state index in [0.717, 1.165) is 45.6 Å². The first kappa shape index (κ1) is 18.2. The summed E-state index contributed by atoms with van der Waals surface area (Å²) >= 11 is 0. The van der Waals surface area contributed by atoms with Crippen LogP contribution in [0.15, 0.2) is 30.3 Å². The number of rotatable bonds is 6. The van der Waals surface area contributed by atoms with Crippen LogP contribution in [0, 0.1) is 11.8 Å². The number of piperidine rings is 1. The number of para-hydroxylation sites is 1. The molecule has 3 rings (SSSR count). The summed E-state index contributed by atoms with van der Waals surface area (Å²) in [5, 5.41) is 3.26. The molecule has 4 nitrogen and oxygen atoms in total. The highest BCUT2D eigenvalue weighted by Gasteiger charge is 2.30. The van der Waals surface area contributed by atoms with Gasteiger partial charge in [-0.05, 0) is 49.8 Å². The number of carbonyl (C=O) groups is 1. The number of amides is 1. The quantitative estimate of drug-likeness (QED) is 0.862. The molecule has 0 spiro atoms. The molecule has 1 aromatic carbocycles. The monoisotopic (exact) mass is 343 g/mol. The number of nitrogens with zero attached hydrogens (tertiary/aromatic N) is 2. The molecular formula is C21H33N3O. The molecule has 2 aliphatic heterocycles. The van der Waals surface area contributed by atoms with Crippen molar-refractivity contribution in [3.63, 3.8) is 0 Å². The molecule has 2 saturated heterocycles. The third-order valence-corrected chi connectivity index (χ3v) is 5.49. The number of hydrogen-bond acceptors (Lipinski definition) is 3. The third kappa shape index (κ3) is 4.97. The summed E-state index contributed by atoms with van der Waals surface area (Å²) < 4.78 is 0. The van der Waals surface area contributed by atoms with Gasteiger partial charge in [0.2, 0.25) is 5.91 Å². The van der Waals surface area contributed by atoms with E-state index >= 15 is 0 Å². The van der Waals surface area contributed by atoms with Crippen LogP contribution < -0.4 is 10.2 Å². The lowest BCUT2D eigenvalue weighted by Crippen LogP contribution is -2.51. The Morgan fingerprint density at radius 3 is 2.72 bits per heavy atom. The molecule has 1 amide bonds. The molecule has 0 aromatic heterocycles. The van der Waals surface area contributed by atoms with Gasteiger partial charge >= 0.3 is 0 Å². The standard InChI is InChI=1S/C21H33N3O/c1-17(2)15-24-12-7-6-10-20(24)21(25)22-14-18-11-13-23(16-18)19-8-4-3-5-9-19/h3-5,8-9,17-18,20H,6-7,10-16H2,1-2H3,(H,22,25)/t18-,20-/m1/s1. The number of anilines is 1. The van der Waals surface area contributed by atoms with Gasteiger partial charge in [-0.3, -0.25) is 9.69 Å². The van der Waals surface area contributed by atoms with Crippen molar-refractivity contribution in [3.8, 4) is 0 Å². The van der Waals surface area contributed by atoms with Gasteiger partial charge in [0.25, 0.3) is 0 Å². The molecule has 0 radical (unpaired) electrons. The zero-order chi connectivity index (χ0) is 17.6. The van der Waals surface area contributed by atoms with Crippen LogP contribution in [-0.2, 0) is 4.79 Å². The van der Waals surface area contributed by atoms with Gasteiger partial charge in [-0.1, -0.05) is 38.5 Å². The number of hydrogen-bond donors (Lipinski definition) is 1. The molecule has 0 unspecified atom stereocenters. The minimum absolute atomic E-state index is 0.0859. The smallest absolute Gasteiger partial charge is 0.237 e. The Kier molecular flexibility index (Phi) is 6.35. The van der Waals surface area contributed by atoms with E-state index in [2.05, 4.69) is 59.3 Å². The fourth-order valence-corrected chi connectivity index (χ4v) is 4.21. The first-order valence-corrected chi connectivity index (χ1v) is 9.95. The largest absolute Gasteiger partial charge is 0.371 e. The maximum Gasteiger partial charge on any atom is 0.237 e. The Bertz CT molecular complexity index is 545. The minimum Gasteiger partial charge on any atom is -0.371 e. The average molecular weight is 344 g/mol. The molecule has 1 aromatic rings. The summed E-state index contributed by atoms with van der Waals surface area (Å²) in [4.78, 5) is 17.6. The molecule has 2 heterocycles. The zero-order valence-electron chi connectivity index (χ0n) is 15.8. The van der Waals surface area contributed by atoms with Crippen molar-refractivity contribution in [1.82, 2.24) is 10.2 Å². The maximum absolute atomic E-state index is 12.7. The van der Waals surface area contributed by atoms with Crippen molar-refractivity contribution in [1.29, 1.82) is 0 Å². The average Bonchev–Trinajstić information content (AvgIpc) is 3.09. The van der Waals surface area contributed by atoms with Gasteiger partial charge in [-0.25, -0.2) is 0 Å². The topological polar surface area (TPSA) is 35.6 Å². The molecule has 25 heavy (non-hydrogen) atoms. The van der Waals surface area contributed by atoms with Gasteiger partial charge in [-0.2, -0.15) is 0 Å². The molecule has 2 aliphatic rings. The second-order valence-electron chi connectivity index (χ2n) is 8.08. The van der Waals surface area contributed by atoms with Gasteiger partial charge in [0.1, 0.15) is 0 Å². The van der Waals surface area contributed by atoms with E-state index in [4.69, 9.17) is 0 Å². The van der Waals surface area contributed by atoms with Crippen LogP contribution in [0.1, 0.15) is 39.5 Å². The second-order valence-corrected chi connectivity index (χ2v) is 8.08.